The summed E-state index contributed by atoms with van der Waals surface area (Å²) in [4.78, 5) is 29.6. The SMILES string of the molecule is CCCC(NC(=O)[C@H](CS(=O)(=O)Cc1cccnc1)N[C@@H](c1ccc(F)cc1)C(F)(F)F)C(O)C(=O)NC1CC1. The number of hydrogen-bond donors (Lipinski definition) is 4. The molecule has 1 aromatic heterocycles. The van der Waals surface area contributed by atoms with Crippen molar-refractivity contribution in [3.63, 3.8) is 0 Å². The van der Waals surface area contributed by atoms with Crippen LogP contribution in [0.5, 0.6) is 0 Å². The Kier molecular flexibility index (Phi) is 10.6. The average molecular weight is 589 g/mol. The van der Waals surface area contributed by atoms with Crippen molar-refractivity contribution in [3.05, 3.63) is 65.7 Å². The van der Waals surface area contributed by atoms with Crippen LogP contribution in [0.4, 0.5) is 17.6 Å². The number of aromatic nitrogens is 1. The molecular formula is C26H32F4N4O5S. The van der Waals surface area contributed by atoms with E-state index in [9.17, 15) is 40.7 Å². The summed E-state index contributed by atoms with van der Waals surface area (Å²) < 4.78 is 81.8. The number of aliphatic hydroxyl groups is 1. The highest BCUT2D eigenvalue weighted by Gasteiger charge is 2.44. The molecule has 2 unspecified atom stereocenters. The third-order valence-electron chi connectivity index (χ3n) is 6.25. The van der Waals surface area contributed by atoms with Crippen molar-refractivity contribution < 1.29 is 40.7 Å². The van der Waals surface area contributed by atoms with Gasteiger partial charge in [-0.3, -0.25) is 19.9 Å². The van der Waals surface area contributed by atoms with E-state index < -0.39 is 74.9 Å². The van der Waals surface area contributed by atoms with Gasteiger partial charge in [-0.1, -0.05) is 31.5 Å². The molecule has 4 atom stereocenters. The molecular weight excluding hydrogens is 556 g/mol. The van der Waals surface area contributed by atoms with Gasteiger partial charge in [-0.15, -0.1) is 0 Å². The van der Waals surface area contributed by atoms with Gasteiger partial charge >= 0.3 is 6.18 Å². The van der Waals surface area contributed by atoms with Crippen molar-refractivity contribution in [2.24, 2.45) is 0 Å². The lowest BCUT2D eigenvalue weighted by Crippen LogP contribution is -2.57. The van der Waals surface area contributed by atoms with Gasteiger partial charge in [-0.2, -0.15) is 13.2 Å². The normalized spacial score (nSPS) is 16.9. The molecule has 1 heterocycles. The van der Waals surface area contributed by atoms with E-state index in [2.05, 4.69) is 20.9 Å². The fraction of sp³-hybridized carbons (Fsp3) is 0.500. The van der Waals surface area contributed by atoms with Crippen molar-refractivity contribution in [2.75, 3.05) is 5.75 Å². The highest BCUT2D eigenvalue weighted by Crippen LogP contribution is 2.33. The van der Waals surface area contributed by atoms with E-state index >= 15 is 0 Å². The molecule has 220 valence electrons. The number of alkyl halides is 3. The van der Waals surface area contributed by atoms with Gasteiger partial charge in [0.15, 0.2) is 15.9 Å². The van der Waals surface area contributed by atoms with E-state index in [1.807, 2.05) is 0 Å². The molecule has 0 bridgehead atoms. The first-order valence-electron chi connectivity index (χ1n) is 12.8. The predicted octanol–water partition coefficient (Wildman–Crippen LogP) is 2.32. The molecule has 1 aromatic carbocycles. The number of nitrogens with one attached hydrogen (secondary N) is 3. The molecule has 0 aliphatic heterocycles. The molecule has 1 fully saturated rings. The van der Waals surface area contributed by atoms with E-state index in [0.717, 1.165) is 37.1 Å². The molecule has 9 nitrogen and oxygen atoms in total. The zero-order chi connectivity index (χ0) is 29.5. The first-order valence-corrected chi connectivity index (χ1v) is 14.6. The summed E-state index contributed by atoms with van der Waals surface area (Å²) in [7, 11) is -4.18. The summed E-state index contributed by atoms with van der Waals surface area (Å²) in [6, 6.07) is 0.609. The van der Waals surface area contributed by atoms with Crippen molar-refractivity contribution in [3.8, 4) is 0 Å². The third kappa shape index (κ3) is 9.52. The Hall–Kier alpha value is -3.10. The predicted molar refractivity (Wildman–Crippen MR) is 138 cm³/mol. The maximum atomic E-state index is 14.1. The van der Waals surface area contributed by atoms with Crippen molar-refractivity contribution >= 4 is 21.7 Å². The zero-order valence-electron chi connectivity index (χ0n) is 21.7. The fourth-order valence-corrected chi connectivity index (χ4v) is 5.64. The Morgan fingerprint density at radius 3 is 2.35 bits per heavy atom. The third-order valence-corrected chi connectivity index (χ3v) is 7.86. The molecule has 0 saturated heterocycles. The molecule has 3 rings (SSSR count). The van der Waals surface area contributed by atoms with Crippen LogP contribution in [0.1, 0.15) is 49.8 Å². The number of carbonyl (C=O) groups is 2. The summed E-state index contributed by atoms with van der Waals surface area (Å²) in [5.74, 6) is -4.30. The number of aliphatic hydroxyl groups excluding tert-OH is 1. The molecule has 14 heteroatoms. The summed E-state index contributed by atoms with van der Waals surface area (Å²) in [5, 5.41) is 17.6. The van der Waals surface area contributed by atoms with Crippen LogP contribution in [0.3, 0.4) is 0 Å². The van der Waals surface area contributed by atoms with Crippen LogP contribution < -0.4 is 16.0 Å². The summed E-state index contributed by atoms with van der Waals surface area (Å²) in [5.41, 5.74) is -0.172. The number of pyridine rings is 1. The maximum absolute atomic E-state index is 14.1. The first kappa shape index (κ1) is 31.4. The topological polar surface area (TPSA) is 137 Å². The highest BCUT2D eigenvalue weighted by atomic mass is 32.2. The Balaban J connectivity index is 1.89. The number of benzene rings is 1. The van der Waals surface area contributed by atoms with Crippen LogP contribution in [0.15, 0.2) is 48.8 Å². The van der Waals surface area contributed by atoms with Gasteiger partial charge in [0.2, 0.25) is 5.91 Å². The lowest BCUT2D eigenvalue weighted by molar-refractivity contribution is -0.160. The average Bonchev–Trinajstić information content (AvgIpc) is 3.70. The fourth-order valence-electron chi connectivity index (χ4n) is 4.09. The summed E-state index contributed by atoms with van der Waals surface area (Å²) in [6.45, 7) is 1.72. The molecule has 40 heavy (non-hydrogen) atoms. The lowest BCUT2D eigenvalue weighted by atomic mass is 10.0. The molecule has 0 spiro atoms. The minimum absolute atomic E-state index is 0.0876. The van der Waals surface area contributed by atoms with Gasteiger partial charge in [0.05, 0.1) is 17.5 Å². The van der Waals surface area contributed by atoms with E-state index in [4.69, 9.17) is 0 Å². The monoisotopic (exact) mass is 588 g/mol. The van der Waals surface area contributed by atoms with E-state index in [1.165, 1.54) is 24.5 Å². The van der Waals surface area contributed by atoms with E-state index in [0.29, 0.717) is 6.42 Å². The Bertz CT molecular complexity index is 1240. The molecule has 1 aliphatic carbocycles. The number of carbonyl (C=O) groups excluding carboxylic acids is 2. The van der Waals surface area contributed by atoms with Gasteiger partial charge in [0.25, 0.3) is 5.91 Å². The second-order valence-electron chi connectivity index (χ2n) is 9.79. The number of halogens is 4. The zero-order valence-corrected chi connectivity index (χ0v) is 22.5. The van der Waals surface area contributed by atoms with E-state index in [-0.39, 0.29) is 18.0 Å². The van der Waals surface area contributed by atoms with Gasteiger partial charge in [0, 0.05) is 18.4 Å². The standard InChI is InChI=1S/C26H32F4N4O5S/c1-2-4-20(22(35)25(37)32-19-10-11-19)34-24(36)21(15-40(38,39)14-16-5-3-12-31-13-16)33-23(26(28,29)30)17-6-8-18(27)9-7-17/h3,5-9,12-13,19-23,33,35H,2,4,10-11,14-15H2,1H3,(H,32,37)(H,34,36)/t20?,21-,22?,23-/m0/s1. The molecule has 4 N–H and O–H groups in total. The Morgan fingerprint density at radius 2 is 1.80 bits per heavy atom. The van der Waals surface area contributed by atoms with Crippen LogP contribution in [0, 0.1) is 5.82 Å². The molecule has 2 amide bonds. The van der Waals surface area contributed by atoms with Crippen LogP contribution in [0.2, 0.25) is 0 Å². The van der Waals surface area contributed by atoms with Gasteiger partial charge in [0.1, 0.15) is 17.9 Å². The highest BCUT2D eigenvalue weighted by molar-refractivity contribution is 7.90. The van der Waals surface area contributed by atoms with Gasteiger partial charge in [-0.25, -0.2) is 12.8 Å². The number of amides is 2. The number of sulfone groups is 1. The van der Waals surface area contributed by atoms with Crippen LogP contribution in [-0.2, 0) is 25.2 Å². The second kappa shape index (κ2) is 13.5. The number of nitrogens with zero attached hydrogens (tertiary/aromatic N) is 1. The summed E-state index contributed by atoms with van der Waals surface area (Å²) in [6.07, 6.45) is -2.01. The molecule has 2 aromatic rings. The molecule has 1 saturated carbocycles. The lowest BCUT2D eigenvalue weighted by Gasteiger charge is -2.30. The largest absolute Gasteiger partial charge is 0.407 e. The van der Waals surface area contributed by atoms with Gasteiger partial charge in [-0.05, 0) is 48.6 Å². The minimum atomic E-state index is -4.99. The number of rotatable bonds is 14. The van der Waals surface area contributed by atoms with E-state index in [1.54, 1.807) is 6.92 Å². The summed E-state index contributed by atoms with van der Waals surface area (Å²) >= 11 is 0. The minimum Gasteiger partial charge on any atom is -0.381 e. The van der Waals surface area contributed by atoms with Crippen LogP contribution in [-0.4, -0.2) is 66.5 Å². The van der Waals surface area contributed by atoms with Crippen molar-refractivity contribution in [1.82, 2.24) is 20.9 Å². The Labute approximate surface area is 229 Å². The van der Waals surface area contributed by atoms with Crippen molar-refractivity contribution in [1.29, 1.82) is 0 Å². The second-order valence-corrected chi connectivity index (χ2v) is 11.9. The van der Waals surface area contributed by atoms with Gasteiger partial charge < -0.3 is 15.7 Å². The van der Waals surface area contributed by atoms with Crippen LogP contribution >= 0.6 is 0 Å². The number of hydrogen-bond acceptors (Lipinski definition) is 7. The molecule has 1 aliphatic rings. The molecule has 0 radical (unpaired) electrons. The quantitative estimate of drug-likeness (QED) is 0.249. The first-order chi connectivity index (χ1) is 18.8. The maximum Gasteiger partial charge on any atom is 0.407 e. The smallest absolute Gasteiger partial charge is 0.381 e. The Morgan fingerprint density at radius 1 is 1.12 bits per heavy atom. The van der Waals surface area contributed by atoms with Crippen LogP contribution in [0.25, 0.3) is 0 Å². The van der Waals surface area contributed by atoms with Crippen molar-refractivity contribution in [2.45, 2.75) is 74.8 Å².